The van der Waals surface area contributed by atoms with Gasteiger partial charge in [0.25, 0.3) is 5.91 Å². The fraction of sp³-hybridized carbons (Fsp3) is 0.312. The van der Waals surface area contributed by atoms with Gasteiger partial charge in [-0.15, -0.1) is 0 Å². The van der Waals surface area contributed by atoms with E-state index in [0.29, 0.717) is 11.3 Å². The first-order chi connectivity index (χ1) is 10.7. The Labute approximate surface area is 133 Å². The predicted molar refractivity (Wildman–Crippen MR) is 82.0 cm³/mol. The van der Waals surface area contributed by atoms with E-state index in [9.17, 15) is 24.6 Å². The van der Waals surface area contributed by atoms with Gasteiger partial charge >= 0.3 is 11.9 Å². The summed E-state index contributed by atoms with van der Waals surface area (Å²) in [6.45, 7) is 3.01. The van der Waals surface area contributed by atoms with E-state index >= 15 is 0 Å². The molecule has 0 spiro atoms. The highest BCUT2D eigenvalue weighted by atomic mass is 16.5. The van der Waals surface area contributed by atoms with Gasteiger partial charge in [-0.1, -0.05) is 26.0 Å². The van der Waals surface area contributed by atoms with Crippen molar-refractivity contribution in [3.8, 4) is 5.75 Å². The SMILES string of the molecule is CC(C)/C(C(=O)O)=C(\Cc1ccc(OCC(N)=O)cc1)C(=O)O. The Kier molecular flexibility index (Phi) is 6.32. The third kappa shape index (κ3) is 5.46. The van der Waals surface area contributed by atoms with Gasteiger partial charge in [0.2, 0.25) is 0 Å². The molecule has 0 aliphatic heterocycles. The smallest absolute Gasteiger partial charge is 0.332 e. The van der Waals surface area contributed by atoms with Crippen molar-refractivity contribution in [1.29, 1.82) is 0 Å². The molecule has 0 saturated heterocycles. The van der Waals surface area contributed by atoms with E-state index in [-0.39, 0.29) is 24.2 Å². The van der Waals surface area contributed by atoms with Crippen LogP contribution in [0.4, 0.5) is 0 Å². The number of amides is 1. The largest absolute Gasteiger partial charge is 0.484 e. The number of rotatable bonds is 8. The van der Waals surface area contributed by atoms with Crippen LogP contribution in [0.3, 0.4) is 0 Å². The summed E-state index contributed by atoms with van der Waals surface area (Å²) in [5, 5.41) is 18.5. The molecule has 0 atom stereocenters. The van der Waals surface area contributed by atoms with E-state index in [0.717, 1.165) is 0 Å². The van der Waals surface area contributed by atoms with Gasteiger partial charge in [-0.3, -0.25) is 4.79 Å². The third-order valence-corrected chi connectivity index (χ3v) is 3.08. The molecule has 1 amide bonds. The molecule has 23 heavy (non-hydrogen) atoms. The monoisotopic (exact) mass is 321 g/mol. The number of hydrogen-bond acceptors (Lipinski definition) is 4. The van der Waals surface area contributed by atoms with Crippen LogP contribution in [0.15, 0.2) is 35.4 Å². The molecule has 0 bridgehead atoms. The Bertz CT molecular complexity index is 630. The highest BCUT2D eigenvalue weighted by Crippen LogP contribution is 2.21. The number of carboxylic acids is 2. The number of nitrogens with two attached hydrogens (primary N) is 1. The van der Waals surface area contributed by atoms with Gasteiger partial charge in [0, 0.05) is 6.42 Å². The standard InChI is InChI=1S/C16H19NO6/c1-9(2)14(16(21)22)12(15(19)20)7-10-3-5-11(6-4-10)23-8-13(17)18/h3-6,9H,7-8H2,1-2H3,(H2,17,18)(H,19,20)(H,21,22)/b14-12-. The van der Waals surface area contributed by atoms with Crippen LogP contribution in [-0.2, 0) is 20.8 Å². The van der Waals surface area contributed by atoms with E-state index in [1.54, 1.807) is 38.1 Å². The minimum Gasteiger partial charge on any atom is -0.484 e. The van der Waals surface area contributed by atoms with Crippen molar-refractivity contribution in [2.45, 2.75) is 20.3 Å². The number of hydrogen-bond donors (Lipinski definition) is 3. The first-order valence-corrected chi connectivity index (χ1v) is 6.92. The van der Waals surface area contributed by atoms with Gasteiger partial charge in [0.1, 0.15) is 5.75 Å². The molecule has 1 rings (SSSR count). The average Bonchev–Trinajstić information content (AvgIpc) is 2.44. The van der Waals surface area contributed by atoms with E-state index in [1.807, 2.05) is 0 Å². The van der Waals surface area contributed by atoms with Crippen molar-refractivity contribution in [3.63, 3.8) is 0 Å². The maximum atomic E-state index is 11.4. The number of aliphatic carboxylic acids is 2. The average molecular weight is 321 g/mol. The molecule has 1 aromatic rings. The molecule has 7 nitrogen and oxygen atoms in total. The fourth-order valence-electron chi connectivity index (χ4n) is 2.07. The molecule has 0 fully saturated rings. The number of carboxylic acid groups (broad SMARTS) is 2. The maximum Gasteiger partial charge on any atom is 0.332 e. The number of carbonyl (C=O) groups excluding carboxylic acids is 1. The second-order valence-electron chi connectivity index (χ2n) is 5.23. The lowest BCUT2D eigenvalue weighted by atomic mass is 9.93. The van der Waals surface area contributed by atoms with Crippen LogP contribution in [0.1, 0.15) is 19.4 Å². The minimum absolute atomic E-state index is 0.0226. The quantitative estimate of drug-likeness (QED) is 0.618. The highest BCUT2D eigenvalue weighted by Gasteiger charge is 2.23. The lowest BCUT2D eigenvalue weighted by Crippen LogP contribution is -2.20. The molecule has 7 heteroatoms. The molecule has 0 radical (unpaired) electrons. The Morgan fingerprint density at radius 3 is 2.04 bits per heavy atom. The third-order valence-electron chi connectivity index (χ3n) is 3.08. The first-order valence-electron chi connectivity index (χ1n) is 6.92. The van der Waals surface area contributed by atoms with Crippen LogP contribution < -0.4 is 10.5 Å². The fourth-order valence-corrected chi connectivity index (χ4v) is 2.07. The number of ether oxygens (including phenoxy) is 1. The number of primary amides is 1. The minimum atomic E-state index is -1.26. The molecule has 0 saturated carbocycles. The van der Waals surface area contributed by atoms with Crippen LogP contribution >= 0.6 is 0 Å². The predicted octanol–water partition coefficient (Wildman–Crippen LogP) is 1.22. The van der Waals surface area contributed by atoms with Crippen molar-refractivity contribution < 1.29 is 29.3 Å². The molecule has 124 valence electrons. The zero-order valence-corrected chi connectivity index (χ0v) is 12.9. The summed E-state index contributed by atoms with van der Waals surface area (Å²) < 4.78 is 5.10. The zero-order valence-electron chi connectivity index (χ0n) is 12.9. The van der Waals surface area contributed by atoms with Gasteiger partial charge in [-0.25, -0.2) is 9.59 Å². The van der Waals surface area contributed by atoms with Gasteiger partial charge in [0.05, 0.1) is 11.1 Å². The molecule has 0 unspecified atom stereocenters. The normalized spacial score (nSPS) is 11.8. The molecule has 0 aromatic heterocycles. The summed E-state index contributed by atoms with van der Waals surface area (Å²) in [6, 6.07) is 6.35. The maximum absolute atomic E-state index is 11.4. The van der Waals surface area contributed by atoms with Crippen molar-refractivity contribution in [3.05, 3.63) is 41.0 Å². The van der Waals surface area contributed by atoms with Crippen LogP contribution in [0.25, 0.3) is 0 Å². The van der Waals surface area contributed by atoms with Gasteiger partial charge in [-0.2, -0.15) is 0 Å². The summed E-state index contributed by atoms with van der Waals surface area (Å²) >= 11 is 0. The van der Waals surface area contributed by atoms with Crippen LogP contribution in [0.2, 0.25) is 0 Å². The lowest BCUT2D eigenvalue weighted by molar-refractivity contribution is -0.136. The van der Waals surface area contributed by atoms with Crippen LogP contribution in [0, 0.1) is 5.92 Å². The second kappa shape index (κ2) is 7.98. The molecule has 1 aromatic carbocycles. The molecular weight excluding hydrogens is 302 g/mol. The Morgan fingerprint density at radius 1 is 1.09 bits per heavy atom. The first kappa shape index (κ1) is 18.2. The van der Waals surface area contributed by atoms with E-state index in [2.05, 4.69) is 0 Å². The lowest BCUT2D eigenvalue weighted by Gasteiger charge is -2.12. The van der Waals surface area contributed by atoms with Gasteiger partial charge in [-0.05, 0) is 23.6 Å². The Hall–Kier alpha value is -2.83. The molecule has 0 heterocycles. The summed E-state index contributed by atoms with van der Waals surface area (Å²) in [5.74, 6) is -3.11. The van der Waals surface area contributed by atoms with Crippen molar-refractivity contribution >= 4 is 17.8 Å². The molecule has 0 aliphatic rings. The van der Waals surface area contributed by atoms with Gasteiger partial charge in [0.15, 0.2) is 6.61 Å². The number of benzene rings is 1. The van der Waals surface area contributed by atoms with E-state index < -0.39 is 23.8 Å². The Balaban J connectivity index is 3.02. The molecule has 4 N–H and O–H groups in total. The van der Waals surface area contributed by atoms with Crippen LogP contribution in [-0.4, -0.2) is 34.7 Å². The molecular formula is C16H19NO6. The summed E-state index contributed by atoms with van der Waals surface area (Å²) in [6.07, 6.45) is -0.0226. The van der Waals surface area contributed by atoms with Gasteiger partial charge < -0.3 is 20.7 Å². The van der Waals surface area contributed by atoms with Crippen LogP contribution in [0.5, 0.6) is 5.75 Å². The molecule has 0 aliphatic carbocycles. The number of carbonyl (C=O) groups is 3. The highest BCUT2D eigenvalue weighted by molar-refractivity contribution is 5.99. The van der Waals surface area contributed by atoms with Crippen molar-refractivity contribution in [1.82, 2.24) is 0 Å². The summed E-state index contributed by atoms with van der Waals surface area (Å²) in [4.78, 5) is 33.3. The Morgan fingerprint density at radius 2 is 1.65 bits per heavy atom. The van der Waals surface area contributed by atoms with Crippen molar-refractivity contribution in [2.24, 2.45) is 11.7 Å². The van der Waals surface area contributed by atoms with E-state index in [4.69, 9.17) is 10.5 Å². The summed E-state index contributed by atoms with van der Waals surface area (Å²) in [5.41, 5.74) is 5.31. The summed E-state index contributed by atoms with van der Waals surface area (Å²) in [7, 11) is 0. The van der Waals surface area contributed by atoms with E-state index in [1.165, 1.54) is 0 Å². The second-order valence-corrected chi connectivity index (χ2v) is 5.23. The zero-order chi connectivity index (χ0) is 17.6. The topological polar surface area (TPSA) is 127 Å². The van der Waals surface area contributed by atoms with Crippen molar-refractivity contribution in [2.75, 3.05) is 6.61 Å².